The van der Waals surface area contributed by atoms with Gasteiger partial charge in [-0.25, -0.2) is 9.59 Å². The van der Waals surface area contributed by atoms with Crippen LogP contribution in [0.3, 0.4) is 0 Å². The van der Waals surface area contributed by atoms with Crippen LogP contribution < -0.4 is 0 Å². The molecule has 0 heterocycles. The van der Waals surface area contributed by atoms with Crippen LogP contribution in [0.25, 0.3) is 0 Å². The van der Waals surface area contributed by atoms with Crippen molar-refractivity contribution in [1.82, 2.24) is 0 Å². The van der Waals surface area contributed by atoms with E-state index in [0.29, 0.717) is 9.80 Å². The molecule has 0 aliphatic heterocycles. The summed E-state index contributed by atoms with van der Waals surface area (Å²) in [6.45, 7) is 5.22. The van der Waals surface area contributed by atoms with Crippen molar-refractivity contribution in [2.75, 3.05) is 0 Å². The highest BCUT2D eigenvalue weighted by molar-refractivity contribution is 8.78. The van der Waals surface area contributed by atoms with E-state index in [1.807, 2.05) is 0 Å². The first-order chi connectivity index (χ1) is 10.0. The highest BCUT2D eigenvalue weighted by Crippen LogP contribution is 2.41. The number of carboxylic acid groups (broad SMARTS) is 2. The average molecular weight is 322 g/mol. The summed E-state index contributed by atoms with van der Waals surface area (Å²) in [5.41, 5.74) is 0.313. The molecule has 1 aromatic rings. The molecule has 0 aromatic heterocycles. The molecule has 0 saturated carbocycles. The Morgan fingerprint density at radius 3 is 2.43 bits per heavy atom. The molecule has 0 amide bonds. The molecule has 0 aliphatic rings. The van der Waals surface area contributed by atoms with Crippen LogP contribution in [-0.2, 0) is 4.79 Å². The van der Waals surface area contributed by atoms with Gasteiger partial charge in [0.25, 0.3) is 0 Å². The molecule has 0 fully saturated rings. The molecular formula is C15H14O4S2. The van der Waals surface area contributed by atoms with Crippen molar-refractivity contribution in [2.24, 2.45) is 0 Å². The SMILES string of the molecule is C=C/C=C(C(=O)O)\C(=C/C)SSc1ccccc1C(=O)O. The molecule has 0 bridgehead atoms. The molecule has 110 valence electrons. The molecular weight excluding hydrogens is 308 g/mol. The van der Waals surface area contributed by atoms with Gasteiger partial charge in [-0.2, -0.15) is 0 Å². The highest BCUT2D eigenvalue weighted by Gasteiger charge is 2.15. The number of carboxylic acids is 2. The van der Waals surface area contributed by atoms with Crippen LogP contribution >= 0.6 is 21.6 Å². The van der Waals surface area contributed by atoms with Crippen molar-refractivity contribution in [1.29, 1.82) is 0 Å². The van der Waals surface area contributed by atoms with Gasteiger partial charge in [0.05, 0.1) is 11.1 Å². The quantitative estimate of drug-likeness (QED) is 0.444. The first-order valence-corrected chi connectivity index (χ1v) is 8.05. The van der Waals surface area contributed by atoms with E-state index in [0.717, 1.165) is 0 Å². The molecule has 0 aliphatic carbocycles. The molecule has 0 spiro atoms. The molecule has 0 radical (unpaired) electrons. The molecule has 0 unspecified atom stereocenters. The fourth-order valence-electron chi connectivity index (χ4n) is 1.43. The van der Waals surface area contributed by atoms with Crippen molar-refractivity contribution in [3.05, 3.63) is 65.1 Å². The summed E-state index contributed by atoms with van der Waals surface area (Å²) in [6.07, 6.45) is 4.49. The molecule has 0 atom stereocenters. The number of hydrogen-bond donors (Lipinski definition) is 2. The standard InChI is InChI=1S/C15H14O4S2/c1-3-7-10(14(16)17)12(4-2)20-21-13-9-6-5-8-11(13)15(18)19/h3-9H,1H2,2H3,(H,16,17)(H,18,19)/b10-7+,12-4+. The predicted octanol–water partition coefficient (Wildman–Crippen LogP) is 4.23. The summed E-state index contributed by atoms with van der Waals surface area (Å²) in [5, 5.41) is 18.3. The molecule has 4 nitrogen and oxygen atoms in total. The summed E-state index contributed by atoms with van der Waals surface area (Å²) in [4.78, 5) is 23.4. The first kappa shape index (κ1) is 17.1. The van der Waals surface area contributed by atoms with Gasteiger partial charge in [-0.05, 0) is 25.1 Å². The van der Waals surface area contributed by atoms with E-state index in [-0.39, 0.29) is 11.1 Å². The van der Waals surface area contributed by atoms with Crippen LogP contribution in [0.4, 0.5) is 0 Å². The second-order valence-corrected chi connectivity index (χ2v) is 5.96. The van der Waals surface area contributed by atoms with Gasteiger partial charge in [-0.15, -0.1) is 0 Å². The summed E-state index contributed by atoms with van der Waals surface area (Å²) in [6, 6.07) is 6.59. The fraction of sp³-hybridized carbons (Fsp3) is 0.0667. The van der Waals surface area contributed by atoms with Crippen molar-refractivity contribution in [2.45, 2.75) is 11.8 Å². The maximum atomic E-state index is 11.2. The Labute approximate surface area is 130 Å². The van der Waals surface area contributed by atoms with E-state index in [1.165, 1.54) is 39.8 Å². The number of carbonyl (C=O) groups is 2. The Kier molecular flexibility index (Phi) is 6.84. The minimum absolute atomic E-state index is 0.123. The van der Waals surface area contributed by atoms with Crippen molar-refractivity contribution >= 4 is 33.5 Å². The number of rotatable bonds is 7. The van der Waals surface area contributed by atoms with Crippen molar-refractivity contribution in [3.8, 4) is 0 Å². The lowest BCUT2D eigenvalue weighted by Gasteiger charge is -2.08. The minimum atomic E-state index is -1.05. The number of allylic oxidation sites excluding steroid dienone is 3. The summed E-state index contributed by atoms with van der Waals surface area (Å²) in [7, 11) is 2.41. The van der Waals surface area contributed by atoms with E-state index < -0.39 is 11.9 Å². The van der Waals surface area contributed by atoms with Crippen molar-refractivity contribution < 1.29 is 19.8 Å². The number of hydrogen-bond acceptors (Lipinski definition) is 4. The Bertz CT molecular complexity index is 618. The summed E-state index contributed by atoms with van der Waals surface area (Å²) in [5.74, 6) is -2.07. The van der Waals surface area contributed by atoms with Crippen LogP contribution in [0.1, 0.15) is 17.3 Å². The highest BCUT2D eigenvalue weighted by atomic mass is 33.1. The lowest BCUT2D eigenvalue weighted by Crippen LogP contribution is -2.01. The van der Waals surface area contributed by atoms with Gasteiger partial charge < -0.3 is 10.2 Å². The average Bonchev–Trinajstić information content (AvgIpc) is 2.46. The van der Waals surface area contributed by atoms with Gasteiger partial charge in [0.2, 0.25) is 0 Å². The smallest absolute Gasteiger partial charge is 0.336 e. The third kappa shape index (κ3) is 4.84. The normalized spacial score (nSPS) is 12.0. The Hall–Kier alpha value is -1.92. The van der Waals surface area contributed by atoms with Gasteiger partial charge in [0.15, 0.2) is 0 Å². The molecule has 6 heteroatoms. The fourth-order valence-corrected chi connectivity index (χ4v) is 3.86. The minimum Gasteiger partial charge on any atom is -0.478 e. The Morgan fingerprint density at radius 2 is 1.90 bits per heavy atom. The summed E-state index contributed by atoms with van der Waals surface area (Å²) < 4.78 is 0. The van der Waals surface area contributed by atoms with E-state index in [9.17, 15) is 14.7 Å². The van der Waals surface area contributed by atoms with Gasteiger partial charge in [-0.1, -0.05) is 52.5 Å². The van der Waals surface area contributed by atoms with Crippen LogP contribution in [0, 0.1) is 0 Å². The number of aromatic carboxylic acids is 1. The lowest BCUT2D eigenvalue weighted by atomic mass is 10.2. The maximum absolute atomic E-state index is 11.2. The van der Waals surface area contributed by atoms with E-state index >= 15 is 0 Å². The van der Waals surface area contributed by atoms with Crippen LogP contribution in [-0.4, -0.2) is 22.2 Å². The summed E-state index contributed by atoms with van der Waals surface area (Å²) >= 11 is 0. The van der Waals surface area contributed by atoms with Crippen LogP contribution in [0.5, 0.6) is 0 Å². The zero-order valence-electron chi connectivity index (χ0n) is 11.3. The first-order valence-electron chi connectivity index (χ1n) is 5.90. The third-order valence-electron chi connectivity index (χ3n) is 2.38. The third-order valence-corrected chi connectivity index (χ3v) is 4.96. The monoisotopic (exact) mass is 322 g/mol. The van der Waals surface area contributed by atoms with Gasteiger partial charge in [-0.3, -0.25) is 0 Å². The van der Waals surface area contributed by atoms with E-state index in [4.69, 9.17) is 5.11 Å². The van der Waals surface area contributed by atoms with Crippen molar-refractivity contribution in [3.63, 3.8) is 0 Å². The second kappa shape index (κ2) is 8.39. The van der Waals surface area contributed by atoms with Crippen LogP contribution in [0.2, 0.25) is 0 Å². The molecule has 2 N–H and O–H groups in total. The Morgan fingerprint density at radius 1 is 1.24 bits per heavy atom. The zero-order valence-corrected chi connectivity index (χ0v) is 12.9. The van der Waals surface area contributed by atoms with E-state index in [1.54, 1.807) is 31.2 Å². The number of aliphatic carboxylic acids is 1. The van der Waals surface area contributed by atoms with E-state index in [2.05, 4.69) is 6.58 Å². The van der Waals surface area contributed by atoms with Crippen LogP contribution in [0.15, 0.2) is 64.4 Å². The maximum Gasteiger partial charge on any atom is 0.336 e. The topological polar surface area (TPSA) is 74.6 Å². The predicted molar refractivity (Wildman–Crippen MR) is 86.5 cm³/mol. The number of benzene rings is 1. The molecule has 1 rings (SSSR count). The van der Waals surface area contributed by atoms with Gasteiger partial charge in [0, 0.05) is 9.80 Å². The van der Waals surface area contributed by atoms with Gasteiger partial charge in [0.1, 0.15) is 0 Å². The second-order valence-electron chi connectivity index (χ2n) is 3.74. The molecule has 21 heavy (non-hydrogen) atoms. The largest absolute Gasteiger partial charge is 0.478 e. The van der Waals surface area contributed by atoms with Gasteiger partial charge >= 0.3 is 11.9 Å². The zero-order chi connectivity index (χ0) is 15.8. The Balaban J connectivity index is 2.96. The molecule has 1 aromatic carbocycles. The molecule has 0 saturated heterocycles. The lowest BCUT2D eigenvalue weighted by molar-refractivity contribution is -0.132.